The Labute approximate surface area is 214 Å². The van der Waals surface area contributed by atoms with E-state index >= 15 is 0 Å². The molecule has 0 saturated carbocycles. The Morgan fingerprint density at radius 1 is 1.16 bits per heavy atom. The molecule has 1 amide bonds. The van der Waals surface area contributed by atoms with Crippen molar-refractivity contribution in [1.82, 2.24) is 34.0 Å². The molecule has 0 spiro atoms. The fraction of sp³-hybridized carbons (Fsp3) is 0.400. The molecule has 1 atom stereocenters. The van der Waals surface area contributed by atoms with E-state index in [-0.39, 0.29) is 38.0 Å². The highest BCUT2D eigenvalue weighted by Crippen LogP contribution is 2.27. The summed E-state index contributed by atoms with van der Waals surface area (Å²) in [5, 5.41) is 19.1. The van der Waals surface area contributed by atoms with Gasteiger partial charge in [-0.1, -0.05) is 17.7 Å². The largest absolute Gasteiger partial charge is 0.388 e. The first-order valence-corrected chi connectivity index (χ1v) is 12.1. The second-order valence-electron chi connectivity index (χ2n) is 9.64. The minimum atomic E-state index is -2.91. The molecule has 5 rings (SSSR count). The van der Waals surface area contributed by atoms with E-state index in [4.69, 9.17) is 0 Å². The Morgan fingerprint density at radius 3 is 2.50 bits per heavy atom. The van der Waals surface area contributed by atoms with Gasteiger partial charge in [0.1, 0.15) is 17.8 Å². The number of piperidine rings is 1. The number of benzene rings is 1. The van der Waals surface area contributed by atoms with E-state index in [0.29, 0.717) is 11.0 Å². The summed E-state index contributed by atoms with van der Waals surface area (Å²) in [4.78, 5) is 31.6. The third-order valence-corrected chi connectivity index (χ3v) is 6.93. The highest BCUT2D eigenvalue weighted by molar-refractivity contribution is 5.77. The summed E-state index contributed by atoms with van der Waals surface area (Å²) in [5.41, 5.74) is 0.594. The maximum absolute atomic E-state index is 13.5. The van der Waals surface area contributed by atoms with Gasteiger partial charge in [0.25, 0.3) is 12.0 Å². The van der Waals surface area contributed by atoms with Crippen LogP contribution in [0.25, 0.3) is 16.7 Å². The molecule has 0 bridgehead atoms. The Balaban J connectivity index is 1.25. The molecule has 0 unspecified atom stereocenters. The fourth-order valence-corrected chi connectivity index (χ4v) is 4.69. The number of aryl methyl sites for hydroxylation is 1. The van der Waals surface area contributed by atoms with Crippen molar-refractivity contribution in [2.45, 2.75) is 50.8 Å². The highest BCUT2D eigenvalue weighted by Gasteiger charge is 2.36. The number of rotatable bonds is 7. The van der Waals surface area contributed by atoms with Gasteiger partial charge in [-0.2, -0.15) is 9.49 Å². The van der Waals surface area contributed by atoms with Crippen LogP contribution in [-0.2, 0) is 11.3 Å². The first kappa shape index (κ1) is 25.6. The van der Waals surface area contributed by atoms with Crippen molar-refractivity contribution in [2.24, 2.45) is 0 Å². The molecule has 0 aliphatic carbocycles. The van der Waals surface area contributed by atoms with Crippen LogP contribution in [0.5, 0.6) is 0 Å². The number of likely N-dealkylation sites (tertiary alicyclic amines) is 1. The third-order valence-electron chi connectivity index (χ3n) is 6.93. The second kappa shape index (κ2) is 10.0. The molecule has 1 aliphatic heterocycles. The van der Waals surface area contributed by atoms with Crippen LogP contribution in [0, 0.1) is 12.9 Å². The Bertz CT molecular complexity index is 1500. The lowest BCUT2D eigenvalue weighted by molar-refractivity contribution is -0.138. The smallest absolute Gasteiger partial charge is 0.264 e. The molecule has 1 saturated heterocycles. The Morgan fingerprint density at radius 2 is 1.87 bits per heavy atom. The number of alkyl halides is 2. The maximum Gasteiger partial charge on any atom is 0.264 e. The summed E-state index contributed by atoms with van der Waals surface area (Å²) in [6.45, 7) is 2.17. The van der Waals surface area contributed by atoms with Gasteiger partial charge in [0.2, 0.25) is 11.9 Å². The predicted molar refractivity (Wildman–Crippen MR) is 130 cm³/mol. The van der Waals surface area contributed by atoms with Gasteiger partial charge in [0.15, 0.2) is 5.65 Å². The van der Waals surface area contributed by atoms with Crippen molar-refractivity contribution in [3.8, 4) is 5.69 Å². The second-order valence-corrected chi connectivity index (χ2v) is 9.64. The van der Waals surface area contributed by atoms with Gasteiger partial charge in [0, 0.05) is 25.4 Å². The summed E-state index contributed by atoms with van der Waals surface area (Å²) in [6, 6.07) is 6.98. The Kier molecular flexibility index (Phi) is 6.78. The first-order chi connectivity index (χ1) is 18.1. The average molecular weight is 530 g/mol. The number of carbonyl (C=O) groups is 1. The molecule has 13 heteroatoms. The number of nitrogens with zero attached hydrogens (tertiary/aromatic N) is 7. The van der Waals surface area contributed by atoms with Gasteiger partial charge in [-0.05, 0) is 31.9 Å². The first-order valence-electron chi connectivity index (χ1n) is 12.1. The number of aliphatic hydroxyl groups is 1. The van der Waals surface area contributed by atoms with Crippen molar-refractivity contribution in [3.63, 3.8) is 0 Å². The molecule has 10 nitrogen and oxygen atoms in total. The lowest BCUT2D eigenvalue weighted by Gasteiger charge is -2.38. The zero-order chi connectivity index (χ0) is 27.0. The van der Waals surface area contributed by atoms with E-state index in [1.807, 2.05) is 31.2 Å². The van der Waals surface area contributed by atoms with Gasteiger partial charge < -0.3 is 10.0 Å². The number of hydrogen-bond acceptors (Lipinski definition) is 6. The van der Waals surface area contributed by atoms with Crippen LogP contribution in [0.2, 0.25) is 0 Å². The van der Waals surface area contributed by atoms with Crippen LogP contribution in [0.4, 0.5) is 13.2 Å². The standard InChI is InChI=1S/C25H26F3N7O3/c1-16-2-4-17(5-3-16)35-23-18(13-30-35)24(37)33(15-29-23)14-25(38)7-10-32(11-8-25)21(36)12-19(22(27)28)34-9-6-20(26)31-34/h2-6,9,13,15,19,22,38H,7-8,10-12,14H2,1H3/t19-/m0/s1. The molecular weight excluding hydrogens is 503 g/mol. The van der Waals surface area contributed by atoms with E-state index in [9.17, 15) is 27.9 Å². The average Bonchev–Trinajstić information content (AvgIpc) is 3.51. The van der Waals surface area contributed by atoms with Gasteiger partial charge >= 0.3 is 0 Å². The molecular formula is C25H26F3N7O3. The molecule has 200 valence electrons. The van der Waals surface area contributed by atoms with Crippen LogP contribution < -0.4 is 5.56 Å². The van der Waals surface area contributed by atoms with Crippen LogP contribution in [-0.4, -0.2) is 70.1 Å². The zero-order valence-electron chi connectivity index (χ0n) is 20.5. The van der Waals surface area contributed by atoms with E-state index in [1.165, 1.54) is 22.0 Å². The summed E-state index contributed by atoms with van der Waals surface area (Å²) >= 11 is 0. The van der Waals surface area contributed by atoms with Crippen LogP contribution in [0.1, 0.15) is 30.9 Å². The molecule has 3 aromatic heterocycles. The number of aromatic nitrogens is 6. The quantitative estimate of drug-likeness (QED) is 0.394. The maximum atomic E-state index is 13.5. The van der Waals surface area contributed by atoms with Crippen molar-refractivity contribution >= 4 is 16.9 Å². The summed E-state index contributed by atoms with van der Waals surface area (Å²) in [5.74, 6) is -1.45. The molecule has 4 heterocycles. The summed E-state index contributed by atoms with van der Waals surface area (Å²) < 4.78 is 43.9. The topological polar surface area (TPSA) is 111 Å². The third kappa shape index (κ3) is 5.05. The number of fused-ring (bicyclic) bond motifs is 1. The minimum absolute atomic E-state index is 0.0429. The van der Waals surface area contributed by atoms with Gasteiger partial charge in [-0.3, -0.25) is 18.8 Å². The van der Waals surface area contributed by atoms with E-state index < -0.39 is 36.3 Å². The molecule has 1 aromatic carbocycles. The number of carbonyl (C=O) groups excluding carboxylic acids is 1. The minimum Gasteiger partial charge on any atom is -0.388 e. The highest BCUT2D eigenvalue weighted by atomic mass is 19.3. The van der Waals surface area contributed by atoms with Gasteiger partial charge in [0.05, 0.1) is 30.5 Å². The van der Waals surface area contributed by atoms with Gasteiger partial charge in [-0.15, -0.1) is 5.10 Å². The van der Waals surface area contributed by atoms with Crippen LogP contribution >= 0.6 is 0 Å². The van der Waals surface area contributed by atoms with Crippen molar-refractivity contribution in [1.29, 1.82) is 0 Å². The lowest BCUT2D eigenvalue weighted by Crippen LogP contribution is -2.50. The zero-order valence-corrected chi connectivity index (χ0v) is 20.5. The van der Waals surface area contributed by atoms with Crippen molar-refractivity contribution in [2.75, 3.05) is 13.1 Å². The van der Waals surface area contributed by atoms with Crippen LogP contribution in [0.15, 0.2) is 53.8 Å². The van der Waals surface area contributed by atoms with Crippen molar-refractivity contribution < 1.29 is 23.1 Å². The van der Waals surface area contributed by atoms with Crippen molar-refractivity contribution in [3.05, 3.63) is 70.9 Å². The number of amides is 1. The Hall–Kier alpha value is -4.00. The molecule has 0 radical (unpaired) electrons. The molecule has 1 aliphatic rings. The van der Waals surface area contributed by atoms with Gasteiger partial charge in [-0.25, -0.2) is 18.4 Å². The number of hydrogen-bond donors (Lipinski definition) is 1. The molecule has 38 heavy (non-hydrogen) atoms. The lowest BCUT2D eigenvalue weighted by atomic mass is 9.91. The summed E-state index contributed by atoms with van der Waals surface area (Å²) in [7, 11) is 0. The summed E-state index contributed by atoms with van der Waals surface area (Å²) in [6.07, 6.45) is 0.692. The molecule has 4 aromatic rings. The van der Waals surface area contributed by atoms with E-state index in [0.717, 1.165) is 28.2 Å². The normalized spacial score (nSPS) is 16.3. The van der Waals surface area contributed by atoms with E-state index in [1.54, 1.807) is 4.68 Å². The molecule has 1 N–H and O–H groups in total. The molecule has 1 fully saturated rings. The SMILES string of the molecule is Cc1ccc(-n2ncc3c(=O)n(CC4(O)CCN(C(=O)C[C@@H](C(F)F)n5ccc(F)n5)CC4)cnc32)cc1. The predicted octanol–water partition coefficient (Wildman–Crippen LogP) is 2.48. The monoisotopic (exact) mass is 529 g/mol. The number of halogens is 3. The fourth-order valence-electron chi connectivity index (χ4n) is 4.69. The van der Waals surface area contributed by atoms with E-state index in [2.05, 4.69) is 15.2 Å². The van der Waals surface area contributed by atoms with Crippen LogP contribution in [0.3, 0.4) is 0 Å².